The van der Waals surface area contributed by atoms with Crippen LogP contribution in [0.4, 0.5) is 8.78 Å². The van der Waals surface area contributed by atoms with E-state index in [2.05, 4.69) is 4.90 Å². The summed E-state index contributed by atoms with van der Waals surface area (Å²) in [5.74, 6) is -1.03. The van der Waals surface area contributed by atoms with Crippen molar-refractivity contribution < 1.29 is 33.3 Å². The first kappa shape index (κ1) is 30.1. The number of rotatable bonds is 10. The van der Waals surface area contributed by atoms with Crippen LogP contribution in [-0.4, -0.2) is 84.0 Å². The zero-order chi connectivity index (χ0) is 26.4. The number of carbonyl (C=O) groups is 1. The summed E-state index contributed by atoms with van der Waals surface area (Å²) in [4.78, 5) is 13.4. The zero-order valence-electron chi connectivity index (χ0n) is 20.7. The van der Waals surface area contributed by atoms with E-state index in [4.69, 9.17) is 14.6 Å². The number of aromatic carboxylic acids is 1. The second-order valence-corrected chi connectivity index (χ2v) is 9.27. The molecule has 2 N–H and O–H groups in total. The van der Waals surface area contributed by atoms with Gasteiger partial charge in [-0.15, -0.1) is 0 Å². The SMILES string of the molecule is COc1cc(C(=O)O)ccc1OCCCN1CCC(C(O)(c2ccc(F)cc2)c2ccc(F)cc2)CC1.[NaH]. The van der Waals surface area contributed by atoms with Crippen LogP contribution < -0.4 is 9.47 Å². The summed E-state index contributed by atoms with van der Waals surface area (Å²) in [6, 6.07) is 16.2. The standard InChI is InChI=1S/C29H31F2NO5.Na.H/c1-36-27-19-20(28(33)34)3-12-26(27)37-18-2-15-32-16-13-23(14-17-32)29(35,21-4-8-24(30)9-5-21)22-6-10-25(31)11-7-22;;/h3-12,19,23,35H,2,13-18H2,1H3,(H,33,34);;. The first-order chi connectivity index (χ1) is 17.8. The van der Waals surface area contributed by atoms with Crippen LogP contribution >= 0.6 is 0 Å². The number of ether oxygens (including phenoxy) is 2. The maximum atomic E-state index is 13.6. The van der Waals surface area contributed by atoms with Gasteiger partial charge in [-0.05, 0) is 91.9 Å². The van der Waals surface area contributed by atoms with Crippen molar-refractivity contribution in [3.8, 4) is 11.5 Å². The summed E-state index contributed by atoms with van der Waals surface area (Å²) < 4.78 is 38.3. The van der Waals surface area contributed by atoms with Crippen molar-refractivity contribution >= 4 is 35.5 Å². The third-order valence-corrected chi connectivity index (χ3v) is 7.03. The molecule has 1 heterocycles. The van der Waals surface area contributed by atoms with Gasteiger partial charge in [-0.25, -0.2) is 13.6 Å². The Labute approximate surface area is 243 Å². The van der Waals surface area contributed by atoms with E-state index in [-0.39, 0.29) is 52.7 Å². The van der Waals surface area contributed by atoms with E-state index in [1.807, 2.05) is 0 Å². The fraction of sp³-hybridized carbons (Fsp3) is 0.345. The molecule has 6 nitrogen and oxygen atoms in total. The molecule has 0 atom stereocenters. The predicted octanol–water partition coefficient (Wildman–Crippen LogP) is 4.44. The molecular weight excluding hydrogens is 503 g/mol. The third kappa shape index (κ3) is 6.93. The van der Waals surface area contributed by atoms with Gasteiger partial charge in [0.15, 0.2) is 11.5 Å². The monoisotopic (exact) mass is 535 g/mol. The number of piperidine rings is 1. The molecule has 0 spiro atoms. The molecule has 3 aromatic rings. The van der Waals surface area contributed by atoms with E-state index in [0.29, 0.717) is 29.2 Å². The Kier molecular flexibility index (Phi) is 10.7. The summed E-state index contributed by atoms with van der Waals surface area (Å²) in [5, 5.41) is 21.1. The van der Waals surface area contributed by atoms with Gasteiger partial charge in [0.2, 0.25) is 0 Å². The Hall–Kier alpha value is -2.49. The topological polar surface area (TPSA) is 79.2 Å². The molecule has 38 heavy (non-hydrogen) atoms. The molecule has 0 radical (unpaired) electrons. The second kappa shape index (κ2) is 13.5. The third-order valence-electron chi connectivity index (χ3n) is 7.03. The van der Waals surface area contributed by atoms with Crippen molar-refractivity contribution in [3.63, 3.8) is 0 Å². The fourth-order valence-corrected chi connectivity index (χ4v) is 5.01. The van der Waals surface area contributed by atoms with Crippen LogP contribution in [0.15, 0.2) is 66.7 Å². The Bertz CT molecular complexity index is 1150. The van der Waals surface area contributed by atoms with E-state index >= 15 is 0 Å². The number of carboxylic acid groups (broad SMARTS) is 1. The van der Waals surface area contributed by atoms with Crippen LogP contribution in [0.25, 0.3) is 0 Å². The molecule has 0 unspecified atom stereocenters. The maximum absolute atomic E-state index is 13.6. The van der Waals surface area contributed by atoms with E-state index in [9.17, 15) is 18.7 Å². The van der Waals surface area contributed by atoms with E-state index in [1.165, 1.54) is 43.5 Å². The molecule has 0 aliphatic carbocycles. The van der Waals surface area contributed by atoms with E-state index in [1.54, 1.807) is 30.3 Å². The predicted molar refractivity (Wildman–Crippen MR) is 142 cm³/mol. The first-order valence-corrected chi connectivity index (χ1v) is 12.3. The van der Waals surface area contributed by atoms with Gasteiger partial charge in [0.1, 0.15) is 17.2 Å². The van der Waals surface area contributed by atoms with Gasteiger partial charge >= 0.3 is 35.5 Å². The summed E-state index contributed by atoms with van der Waals surface area (Å²) in [5.41, 5.74) is -0.0336. The molecule has 0 amide bonds. The van der Waals surface area contributed by atoms with Crippen molar-refractivity contribution in [1.82, 2.24) is 4.90 Å². The van der Waals surface area contributed by atoms with Crippen LogP contribution in [-0.2, 0) is 5.60 Å². The Balaban J connectivity index is 0.00000400. The van der Waals surface area contributed by atoms with Gasteiger partial charge in [-0.1, -0.05) is 24.3 Å². The number of hydrogen-bond donors (Lipinski definition) is 2. The Morgan fingerprint density at radius 1 is 0.947 bits per heavy atom. The molecule has 1 aliphatic rings. The van der Waals surface area contributed by atoms with Gasteiger partial charge in [0, 0.05) is 6.54 Å². The van der Waals surface area contributed by atoms with Crippen molar-refractivity contribution in [2.45, 2.75) is 24.9 Å². The summed E-state index contributed by atoms with van der Waals surface area (Å²) in [6.07, 6.45) is 2.20. The molecule has 4 rings (SSSR count). The van der Waals surface area contributed by atoms with Gasteiger partial charge in [0.25, 0.3) is 0 Å². The molecule has 1 fully saturated rings. The zero-order valence-corrected chi connectivity index (χ0v) is 20.7. The number of likely N-dealkylation sites (tertiary alicyclic amines) is 1. The number of hydrogen-bond acceptors (Lipinski definition) is 5. The average molecular weight is 536 g/mol. The van der Waals surface area contributed by atoms with Crippen LogP contribution in [0.2, 0.25) is 0 Å². The van der Waals surface area contributed by atoms with Crippen molar-refractivity contribution in [3.05, 3.63) is 95.1 Å². The Morgan fingerprint density at radius 2 is 1.50 bits per heavy atom. The van der Waals surface area contributed by atoms with Gasteiger partial charge in [-0.3, -0.25) is 0 Å². The van der Waals surface area contributed by atoms with Crippen LogP contribution in [0.1, 0.15) is 40.7 Å². The minimum absolute atomic E-state index is 0. The molecule has 198 valence electrons. The number of benzene rings is 3. The molecule has 9 heteroatoms. The van der Waals surface area contributed by atoms with Crippen LogP contribution in [0, 0.1) is 17.6 Å². The fourth-order valence-electron chi connectivity index (χ4n) is 5.01. The molecule has 1 saturated heterocycles. The quantitative estimate of drug-likeness (QED) is 0.295. The summed E-state index contributed by atoms with van der Waals surface area (Å²) in [6.45, 7) is 2.78. The van der Waals surface area contributed by atoms with Crippen molar-refractivity contribution in [2.24, 2.45) is 5.92 Å². The Morgan fingerprint density at radius 3 is 2.00 bits per heavy atom. The number of methoxy groups -OCH3 is 1. The molecule has 3 aromatic carbocycles. The molecule has 1 aliphatic heterocycles. The molecule has 0 bridgehead atoms. The molecule has 0 saturated carbocycles. The normalized spacial score (nSPS) is 14.5. The van der Waals surface area contributed by atoms with Crippen LogP contribution in [0.3, 0.4) is 0 Å². The average Bonchev–Trinajstić information content (AvgIpc) is 2.91. The van der Waals surface area contributed by atoms with Gasteiger partial charge < -0.3 is 24.6 Å². The van der Waals surface area contributed by atoms with Gasteiger partial charge in [-0.2, -0.15) is 0 Å². The van der Waals surface area contributed by atoms with E-state index < -0.39 is 11.6 Å². The number of nitrogens with zero attached hydrogens (tertiary/aromatic N) is 1. The number of halogens is 2. The van der Waals surface area contributed by atoms with Crippen molar-refractivity contribution in [2.75, 3.05) is 33.4 Å². The number of aliphatic hydroxyl groups is 1. The van der Waals surface area contributed by atoms with Gasteiger partial charge in [0.05, 0.1) is 19.3 Å². The molecular formula is C29H32F2NNaO5. The van der Waals surface area contributed by atoms with Crippen LogP contribution in [0.5, 0.6) is 11.5 Å². The first-order valence-electron chi connectivity index (χ1n) is 12.3. The summed E-state index contributed by atoms with van der Waals surface area (Å²) in [7, 11) is 1.47. The second-order valence-electron chi connectivity index (χ2n) is 9.27. The molecule has 0 aromatic heterocycles. The number of carboxylic acids is 1. The summed E-state index contributed by atoms with van der Waals surface area (Å²) >= 11 is 0. The van der Waals surface area contributed by atoms with Crippen molar-refractivity contribution in [1.29, 1.82) is 0 Å². The minimum atomic E-state index is -1.35. The van der Waals surface area contributed by atoms with E-state index in [0.717, 1.165) is 38.9 Å².